The molecule has 0 saturated carbocycles. The second-order valence-electron chi connectivity index (χ2n) is 6.70. The van der Waals surface area contributed by atoms with Crippen LogP contribution in [0.4, 0.5) is 0 Å². The van der Waals surface area contributed by atoms with E-state index >= 15 is 0 Å². The molecule has 0 aliphatic carbocycles. The van der Waals surface area contributed by atoms with Crippen molar-refractivity contribution >= 4 is 33.6 Å². The van der Waals surface area contributed by atoms with Crippen LogP contribution in [-0.4, -0.2) is 15.5 Å². The number of nitrogens with two attached hydrogens (primary N) is 1. The molecule has 1 aromatic carbocycles. The minimum Gasteiger partial charge on any atom is -0.366 e. The second kappa shape index (κ2) is 8.31. The molecule has 0 fully saturated rings. The van der Waals surface area contributed by atoms with E-state index in [4.69, 9.17) is 5.73 Å². The van der Waals surface area contributed by atoms with Crippen LogP contribution in [0.5, 0.6) is 0 Å². The van der Waals surface area contributed by atoms with E-state index in [-0.39, 0.29) is 11.8 Å². The van der Waals surface area contributed by atoms with Crippen molar-refractivity contribution in [2.75, 3.05) is 0 Å². The number of primary amides is 1. The summed E-state index contributed by atoms with van der Waals surface area (Å²) in [5, 5.41) is 1.06. The predicted molar refractivity (Wildman–Crippen MR) is 113 cm³/mol. The summed E-state index contributed by atoms with van der Waals surface area (Å²) >= 11 is 5.20. The largest absolute Gasteiger partial charge is 0.366 e. The van der Waals surface area contributed by atoms with Crippen LogP contribution >= 0.6 is 27.7 Å². The third kappa shape index (κ3) is 4.28. The summed E-state index contributed by atoms with van der Waals surface area (Å²) in [7, 11) is 0. The number of amides is 1. The minimum absolute atomic E-state index is 0.180. The van der Waals surface area contributed by atoms with Gasteiger partial charge in [-0.2, -0.15) is 0 Å². The van der Waals surface area contributed by atoms with Gasteiger partial charge >= 0.3 is 0 Å². The third-order valence-electron chi connectivity index (χ3n) is 4.44. The van der Waals surface area contributed by atoms with Crippen molar-refractivity contribution in [3.63, 3.8) is 0 Å². The topological polar surface area (TPSA) is 60.9 Å². The number of pyridine rings is 1. The van der Waals surface area contributed by atoms with Crippen molar-refractivity contribution < 1.29 is 4.79 Å². The number of carbonyl (C=O) groups excluding carboxylic acids is 1. The van der Waals surface area contributed by atoms with Gasteiger partial charge in [0.25, 0.3) is 5.91 Å². The Morgan fingerprint density at radius 1 is 1.26 bits per heavy atom. The Bertz CT molecular complexity index is 967. The fraction of sp³-hybridized carbons (Fsp3) is 0.238. The van der Waals surface area contributed by atoms with Gasteiger partial charge in [-0.05, 0) is 54.3 Å². The van der Waals surface area contributed by atoms with Crippen LogP contribution in [0.2, 0.25) is 0 Å². The summed E-state index contributed by atoms with van der Waals surface area (Å²) in [6.45, 7) is 6.84. The Kier molecular flexibility index (Phi) is 6.07. The quantitative estimate of drug-likeness (QED) is 0.556. The first-order valence-electron chi connectivity index (χ1n) is 8.73. The number of hydrogen-bond acceptors (Lipinski definition) is 3. The van der Waals surface area contributed by atoms with Crippen LogP contribution < -0.4 is 5.73 Å². The molecule has 0 aliphatic heterocycles. The molecular formula is C21H22BrN3OS. The first-order chi connectivity index (χ1) is 12.9. The molecule has 2 N–H and O–H groups in total. The lowest BCUT2D eigenvalue weighted by Crippen LogP contribution is -2.14. The van der Waals surface area contributed by atoms with Gasteiger partial charge in [0.1, 0.15) is 0 Å². The molecule has 27 heavy (non-hydrogen) atoms. The third-order valence-corrected chi connectivity index (χ3v) is 6.05. The van der Waals surface area contributed by atoms with Gasteiger partial charge in [-0.1, -0.05) is 47.6 Å². The fourth-order valence-corrected chi connectivity index (χ4v) is 5.06. The summed E-state index contributed by atoms with van der Waals surface area (Å²) in [5.74, 6) is -0.194. The average molecular weight is 444 g/mol. The molecule has 140 valence electrons. The molecule has 1 amide bonds. The van der Waals surface area contributed by atoms with E-state index in [2.05, 4.69) is 51.5 Å². The molecule has 3 rings (SSSR count). The van der Waals surface area contributed by atoms with Crippen LogP contribution in [0, 0.1) is 6.92 Å². The fourth-order valence-electron chi connectivity index (χ4n) is 3.19. The molecule has 0 atom stereocenters. The monoisotopic (exact) mass is 443 g/mol. The van der Waals surface area contributed by atoms with E-state index in [0.717, 1.165) is 31.2 Å². The van der Waals surface area contributed by atoms with Crippen molar-refractivity contribution in [1.82, 2.24) is 9.55 Å². The van der Waals surface area contributed by atoms with Gasteiger partial charge in [0, 0.05) is 34.0 Å². The van der Waals surface area contributed by atoms with Crippen molar-refractivity contribution in [2.45, 2.75) is 43.2 Å². The molecule has 0 aliphatic rings. The molecular weight excluding hydrogens is 422 g/mol. The first-order valence-corrected chi connectivity index (χ1v) is 10.3. The summed E-state index contributed by atoms with van der Waals surface area (Å²) in [4.78, 5) is 17.5. The predicted octanol–water partition coefficient (Wildman–Crippen LogP) is 5.38. The van der Waals surface area contributed by atoms with Gasteiger partial charge in [0.15, 0.2) is 0 Å². The van der Waals surface area contributed by atoms with Crippen molar-refractivity contribution in [2.24, 2.45) is 5.73 Å². The lowest BCUT2D eigenvalue weighted by atomic mass is 10.0. The highest BCUT2D eigenvalue weighted by Gasteiger charge is 2.26. The van der Waals surface area contributed by atoms with E-state index in [1.807, 2.05) is 31.2 Å². The minimum atomic E-state index is -0.374. The summed E-state index contributed by atoms with van der Waals surface area (Å²) in [6.07, 6.45) is 3.57. The molecule has 0 bridgehead atoms. The highest BCUT2D eigenvalue weighted by Crippen LogP contribution is 2.40. The van der Waals surface area contributed by atoms with Crippen LogP contribution in [0.15, 0.2) is 63.2 Å². The highest BCUT2D eigenvalue weighted by molar-refractivity contribution is 9.10. The van der Waals surface area contributed by atoms with Gasteiger partial charge < -0.3 is 10.3 Å². The number of carbonyl (C=O) groups is 1. The van der Waals surface area contributed by atoms with Gasteiger partial charge in [-0.3, -0.25) is 9.78 Å². The summed E-state index contributed by atoms with van der Waals surface area (Å²) in [5.41, 5.74) is 9.45. The maximum Gasteiger partial charge on any atom is 0.250 e. The molecule has 4 nitrogen and oxygen atoms in total. The molecule has 0 unspecified atom stereocenters. The molecule has 0 saturated heterocycles. The lowest BCUT2D eigenvalue weighted by molar-refractivity contribution is 0.0998. The van der Waals surface area contributed by atoms with Gasteiger partial charge in [-0.25, -0.2) is 0 Å². The maximum atomic E-state index is 12.3. The van der Waals surface area contributed by atoms with Gasteiger partial charge in [-0.15, -0.1) is 0 Å². The van der Waals surface area contributed by atoms with E-state index in [9.17, 15) is 4.79 Å². The van der Waals surface area contributed by atoms with E-state index < -0.39 is 0 Å². The Hall–Kier alpha value is -2.05. The average Bonchev–Trinajstić information content (AvgIpc) is 2.89. The molecule has 0 radical (unpaired) electrons. The van der Waals surface area contributed by atoms with Crippen LogP contribution in [0.25, 0.3) is 0 Å². The number of aromatic nitrogens is 2. The molecule has 2 heterocycles. The molecule has 6 heteroatoms. The molecule has 2 aromatic heterocycles. The van der Waals surface area contributed by atoms with Gasteiger partial charge in [0.05, 0.1) is 10.6 Å². The summed E-state index contributed by atoms with van der Waals surface area (Å²) < 4.78 is 3.22. The van der Waals surface area contributed by atoms with E-state index in [1.54, 1.807) is 24.2 Å². The zero-order valence-corrected chi connectivity index (χ0v) is 18.0. The van der Waals surface area contributed by atoms with Crippen molar-refractivity contribution in [3.8, 4) is 0 Å². The van der Waals surface area contributed by atoms with Crippen LogP contribution in [0.3, 0.4) is 0 Å². The van der Waals surface area contributed by atoms with E-state index in [0.29, 0.717) is 12.1 Å². The Balaban J connectivity index is 2.17. The number of rotatable bonds is 6. The standard InChI is InChI=1S/C21H22BrN3OS/c1-13(2)18-19(20(23)26)14(3)25(12-15-7-9-24-10-8-15)21(18)27-17-6-4-5-16(22)11-17/h4-11,13H,12H2,1-3H3,(H2,23,26). The normalized spacial score (nSPS) is 11.1. The SMILES string of the molecule is Cc1c(C(N)=O)c(C(C)C)c(Sc2cccc(Br)c2)n1Cc1ccncc1. The number of hydrogen-bond donors (Lipinski definition) is 1. The Labute approximate surface area is 172 Å². The van der Waals surface area contributed by atoms with E-state index in [1.165, 1.54) is 0 Å². The first kappa shape index (κ1) is 19.7. The maximum absolute atomic E-state index is 12.3. The van der Waals surface area contributed by atoms with Crippen molar-refractivity contribution in [3.05, 3.63) is 75.6 Å². The van der Waals surface area contributed by atoms with Crippen LogP contribution in [0.1, 0.15) is 46.9 Å². The highest BCUT2D eigenvalue weighted by atomic mass is 79.9. The number of benzene rings is 1. The number of nitrogens with zero attached hydrogens (tertiary/aromatic N) is 2. The Morgan fingerprint density at radius 2 is 1.96 bits per heavy atom. The number of halogens is 1. The zero-order valence-electron chi connectivity index (χ0n) is 15.6. The van der Waals surface area contributed by atoms with Gasteiger partial charge in [0.2, 0.25) is 0 Å². The lowest BCUT2D eigenvalue weighted by Gasteiger charge is -2.14. The Morgan fingerprint density at radius 3 is 2.56 bits per heavy atom. The smallest absolute Gasteiger partial charge is 0.250 e. The molecule has 0 spiro atoms. The second-order valence-corrected chi connectivity index (χ2v) is 8.68. The van der Waals surface area contributed by atoms with Crippen molar-refractivity contribution in [1.29, 1.82) is 0 Å². The zero-order chi connectivity index (χ0) is 19.6. The van der Waals surface area contributed by atoms with Crippen LogP contribution in [-0.2, 0) is 6.54 Å². The summed E-state index contributed by atoms with van der Waals surface area (Å²) in [6, 6.07) is 12.2. The molecule has 3 aromatic rings.